The van der Waals surface area contributed by atoms with Crippen LogP contribution in [0.1, 0.15) is 0 Å². The van der Waals surface area contributed by atoms with Gasteiger partial charge in [-0.15, -0.1) is 0 Å². The van der Waals surface area contributed by atoms with Crippen LogP contribution >= 0.6 is 22.7 Å². The van der Waals surface area contributed by atoms with E-state index in [0.29, 0.717) is 9.53 Å². The predicted molar refractivity (Wildman–Crippen MR) is 54.6 cm³/mol. The molecule has 0 atom stereocenters. The number of nitrogens with one attached hydrogen (secondary N) is 1. The third-order valence-electron chi connectivity index (χ3n) is 1.60. The van der Waals surface area contributed by atoms with E-state index in [-0.39, 0.29) is 11.2 Å². The first kappa shape index (κ1) is 9.08. The van der Waals surface area contributed by atoms with Crippen molar-refractivity contribution < 1.29 is 0 Å². The molecule has 0 spiro atoms. The van der Waals surface area contributed by atoms with Crippen LogP contribution in [-0.4, -0.2) is 25.1 Å². The Bertz CT molecular complexity index is 632. The third kappa shape index (κ3) is 1.38. The van der Waals surface area contributed by atoms with E-state index >= 15 is 0 Å². The standard InChI is InChI=1S/C6H4N2O2S2Se/c1-8-4-2(11-6(13)12-4)3(9)7-5(8)10/h1H3,(H,7,9,10). The first-order chi connectivity index (χ1) is 6.09. The molecule has 68 valence electrons. The maximum atomic E-state index is 11.3. The summed E-state index contributed by atoms with van der Waals surface area (Å²) in [7, 11) is 1.64. The fraction of sp³-hybridized carbons (Fsp3) is 0.167. The average Bonchev–Trinajstić information content (AvgIpc) is 2.44. The van der Waals surface area contributed by atoms with E-state index in [0.717, 1.165) is 2.69 Å². The molecule has 1 N–H and O–H groups in total. The number of rotatable bonds is 0. The van der Waals surface area contributed by atoms with Gasteiger partial charge < -0.3 is 0 Å². The molecule has 2 aromatic heterocycles. The quantitative estimate of drug-likeness (QED) is 0.693. The van der Waals surface area contributed by atoms with Crippen LogP contribution in [0, 0.1) is 2.69 Å². The van der Waals surface area contributed by atoms with E-state index in [1.807, 2.05) is 0 Å². The summed E-state index contributed by atoms with van der Waals surface area (Å²) in [6.07, 6.45) is 0. The Hall–Kier alpha value is -0.491. The monoisotopic (exact) mass is 280 g/mol. The predicted octanol–water partition coefficient (Wildman–Crippen LogP) is 0.0503. The summed E-state index contributed by atoms with van der Waals surface area (Å²) in [5, 5.41) is 0. The molecule has 0 aliphatic carbocycles. The van der Waals surface area contributed by atoms with Gasteiger partial charge in [-0.3, -0.25) is 0 Å². The summed E-state index contributed by atoms with van der Waals surface area (Å²) in [6.45, 7) is 0. The second kappa shape index (κ2) is 3.02. The van der Waals surface area contributed by atoms with E-state index in [1.54, 1.807) is 7.05 Å². The van der Waals surface area contributed by atoms with Crippen LogP contribution in [-0.2, 0) is 7.05 Å². The fourth-order valence-electron chi connectivity index (χ4n) is 0.967. The molecule has 0 aromatic carbocycles. The molecule has 4 nitrogen and oxygen atoms in total. The average molecular weight is 279 g/mol. The zero-order valence-corrected chi connectivity index (χ0v) is 9.83. The molecule has 7 heteroatoms. The number of aryl methyl sites for hydroxylation is 1. The van der Waals surface area contributed by atoms with Gasteiger partial charge in [-0.1, -0.05) is 0 Å². The van der Waals surface area contributed by atoms with Gasteiger partial charge in [-0.05, 0) is 0 Å². The second-order valence-corrected chi connectivity index (χ2v) is 6.71. The van der Waals surface area contributed by atoms with Gasteiger partial charge in [0.25, 0.3) is 0 Å². The molecule has 0 bridgehead atoms. The SMILES string of the molecule is Cn1c(=O)[nH]c(=O)c2sc(=[Se])sc21. The van der Waals surface area contributed by atoms with Crippen LogP contribution in [0.25, 0.3) is 9.53 Å². The van der Waals surface area contributed by atoms with Gasteiger partial charge in [0.05, 0.1) is 0 Å². The van der Waals surface area contributed by atoms with Crippen molar-refractivity contribution in [2.24, 2.45) is 7.05 Å². The van der Waals surface area contributed by atoms with Gasteiger partial charge in [-0.2, -0.15) is 0 Å². The molecule has 13 heavy (non-hydrogen) atoms. The van der Waals surface area contributed by atoms with Gasteiger partial charge in [0.1, 0.15) is 0 Å². The number of aromatic nitrogens is 2. The van der Waals surface area contributed by atoms with E-state index in [2.05, 4.69) is 20.6 Å². The summed E-state index contributed by atoms with van der Waals surface area (Å²) in [5.74, 6) is 0. The van der Waals surface area contributed by atoms with Crippen molar-refractivity contribution in [1.29, 1.82) is 0 Å². The van der Waals surface area contributed by atoms with Crippen LogP contribution in [0.3, 0.4) is 0 Å². The topological polar surface area (TPSA) is 54.9 Å². The Balaban J connectivity index is 3.23. The van der Waals surface area contributed by atoms with E-state index in [4.69, 9.17) is 0 Å². The number of aromatic amines is 1. The molecule has 0 amide bonds. The minimum atomic E-state index is -0.369. The number of hydrogen-bond acceptors (Lipinski definition) is 4. The first-order valence-corrected chi connectivity index (χ1v) is 5.81. The van der Waals surface area contributed by atoms with Crippen LogP contribution in [0.5, 0.6) is 0 Å². The first-order valence-electron chi connectivity index (χ1n) is 3.32. The Labute approximate surface area is 87.8 Å². The van der Waals surface area contributed by atoms with Crippen molar-refractivity contribution in [2.45, 2.75) is 0 Å². The Morgan fingerprint density at radius 1 is 1.38 bits per heavy atom. The molecule has 0 saturated heterocycles. The van der Waals surface area contributed by atoms with Crippen molar-refractivity contribution in [1.82, 2.24) is 9.55 Å². The molecule has 2 heterocycles. The molecule has 2 aromatic rings. The Morgan fingerprint density at radius 3 is 2.77 bits per heavy atom. The van der Waals surface area contributed by atoms with E-state index in [1.165, 1.54) is 27.2 Å². The molecule has 0 unspecified atom stereocenters. The summed E-state index contributed by atoms with van der Waals surface area (Å²) in [5.41, 5.74) is -0.674. The molecule has 0 radical (unpaired) electrons. The van der Waals surface area contributed by atoms with Crippen molar-refractivity contribution >= 4 is 47.8 Å². The summed E-state index contributed by atoms with van der Waals surface area (Å²) >= 11 is 5.61. The van der Waals surface area contributed by atoms with Crippen LogP contribution < -0.4 is 11.2 Å². The normalized spacial score (nSPS) is 10.8. The maximum absolute atomic E-state index is 11.3. The van der Waals surface area contributed by atoms with Gasteiger partial charge in [0, 0.05) is 0 Å². The second-order valence-electron chi connectivity index (χ2n) is 2.41. The number of H-pyrrole nitrogens is 1. The fourth-order valence-corrected chi connectivity index (χ4v) is 3.99. The number of nitrogens with zero attached hydrogens (tertiary/aromatic N) is 1. The molecule has 0 fully saturated rings. The Kier molecular flexibility index (Phi) is 2.11. The van der Waals surface area contributed by atoms with Gasteiger partial charge >= 0.3 is 87.9 Å². The van der Waals surface area contributed by atoms with Crippen molar-refractivity contribution in [3.05, 3.63) is 23.5 Å². The molecule has 0 saturated carbocycles. The summed E-state index contributed by atoms with van der Waals surface area (Å²) in [4.78, 5) is 25.4. The molecular weight excluding hydrogens is 275 g/mol. The zero-order chi connectivity index (χ0) is 9.59. The van der Waals surface area contributed by atoms with E-state index in [9.17, 15) is 9.59 Å². The van der Waals surface area contributed by atoms with Crippen molar-refractivity contribution in [3.63, 3.8) is 0 Å². The summed E-state index contributed by atoms with van der Waals surface area (Å²) < 4.78 is 2.99. The Morgan fingerprint density at radius 2 is 2.08 bits per heavy atom. The van der Waals surface area contributed by atoms with Crippen LogP contribution in [0.15, 0.2) is 9.59 Å². The number of fused-ring (bicyclic) bond motifs is 1. The van der Waals surface area contributed by atoms with Crippen molar-refractivity contribution in [3.8, 4) is 0 Å². The van der Waals surface area contributed by atoms with Gasteiger partial charge in [-0.25, -0.2) is 0 Å². The van der Waals surface area contributed by atoms with E-state index < -0.39 is 0 Å². The molecule has 0 aliphatic rings. The molecule has 2 rings (SSSR count). The summed E-state index contributed by atoms with van der Waals surface area (Å²) in [6, 6.07) is 0. The third-order valence-corrected chi connectivity index (χ3v) is 4.86. The number of hydrogen-bond donors (Lipinski definition) is 1. The van der Waals surface area contributed by atoms with Gasteiger partial charge in [0.15, 0.2) is 0 Å². The zero-order valence-electron chi connectivity index (χ0n) is 6.49. The van der Waals surface area contributed by atoms with Crippen LogP contribution in [0.4, 0.5) is 0 Å². The molecule has 0 aliphatic heterocycles. The van der Waals surface area contributed by atoms with Crippen LogP contribution in [0.2, 0.25) is 0 Å². The minimum absolute atomic E-state index is 0.305. The van der Waals surface area contributed by atoms with Crippen molar-refractivity contribution in [2.75, 3.05) is 0 Å². The van der Waals surface area contributed by atoms with Gasteiger partial charge in [0.2, 0.25) is 0 Å². The molecular formula is C6H4N2O2S2Se.